The molecule has 4 nitrogen and oxygen atoms in total. The van der Waals surface area contributed by atoms with Crippen molar-refractivity contribution in [3.05, 3.63) is 40.6 Å². The van der Waals surface area contributed by atoms with Crippen molar-refractivity contribution in [2.45, 2.75) is 0 Å². The van der Waals surface area contributed by atoms with Crippen molar-refractivity contribution >= 4 is 21.7 Å². The lowest BCUT2D eigenvalue weighted by Crippen LogP contribution is -1.95. The summed E-state index contributed by atoms with van der Waals surface area (Å²) < 4.78 is 18.8. The van der Waals surface area contributed by atoms with E-state index in [1.54, 1.807) is 24.3 Å². The van der Waals surface area contributed by atoms with Gasteiger partial charge in [-0.3, -0.25) is 0 Å². The number of aromatic nitrogens is 2. The smallest absolute Gasteiger partial charge is 0.238 e. The van der Waals surface area contributed by atoms with E-state index >= 15 is 0 Å². The molecular formula is C10H7BrFN3O. The van der Waals surface area contributed by atoms with Crippen LogP contribution in [0.1, 0.15) is 0 Å². The number of halogens is 2. The van der Waals surface area contributed by atoms with Crippen LogP contribution in [0.25, 0.3) is 0 Å². The summed E-state index contributed by atoms with van der Waals surface area (Å²) in [4.78, 5) is 0. The first kappa shape index (κ1) is 10.8. The highest BCUT2D eigenvalue weighted by molar-refractivity contribution is 9.10. The Kier molecular flexibility index (Phi) is 3.00. The molecule has 1 aromatic carbocycles. The highest BCUT2D eigenvalue weighted by atomic mass is 79.9. The number of ether oxygens (including phenoxy) is 1. The van der Waals surface area contributed by atoms with Gasteiger partial charge in [-0.15, -0.1) is 10.2 Å². The second-order valence-electron chi connectivity index (χ2n) is 2.97. The first-order valence-electron chi connectivity index (χ1n) is 4.37. The SMILES string of the molecule is Nc1ccc(Oc2ccc(Br)c(F)c2)nn1. The van der Waals surface area contributed by atoms with E-state index in [1.807, 2.05) is 0 Å². The minimum absolute atomic E-state index is 0.260. The molecule has 2 rings (SSSR count). The van der Waals surface area contributed by atoms with Gasteiger partial charge >= 0.3 is 0 Å². The molecule has 0 saturated heterocycles. The number of hydrogen-bond acceptors (Lipinski definition) is 4. The van der Waals surface area contributed by atoms with E-state index in [0.29, 0.717) is 16.0 Å². The highest BCUT2D eigenvalue weighted by Gasteiger charge is 2.03. The minimum Gasteiger partial charge on any atom is -0.437 e. The van der Waals surface area contributed by atoms with Crippen molar-refractivity contribution in [1.29, 1.82) is 0 Å². The van der Waals surface area contributed by atoms with E-state index < -0.39 is 5.82 Å². The number of rotatable bonds is 2. The van der Waals surface area contributed by atoms with Crippen molar-refractivity contribution < 1.29 is 9.13 Å². The normalized spacial score (nSPS) is 10.1. The number of nitrogens with two attached hydrogens (primary N) is 1. The summed E-state index contributed by atoms with van der Waals surface area (Å²) in [7, 11) is 0. The third kappa shape index (κ3) is 2.46. The van der Waals surface area contributed by atoms with Crippen molar-refractivity contribution in [2.75, 3.05) is 5.73 Å². The lowest BCUT2D eigenvalue weighted by atomic mass is 10.3. The summed E-state index contributed by atoms with van der Waals surface area (Å²) in [6, 6.07) is 7.53. The maximum Gasteiger partial charge on any atom is 0.238 e. The van der Waals surface area contributed by atoms with Crippen molar-refractivity contribution in [3.8, 4) is 11.6 Å². The highest BCUT2D eigenvalue weighted by Crippen LogP contribution is 2.24. The number of anilines is 1. The Labute approximate surface area is 99.4 Å². The summed E-state index contributed by atoms with van der Waals surface area (Å²) in [5, 5.41) is 7.31. The first-order valence-corrected chi connectivity index (χ1v) is 5.16. The largest absolute Gasteiger partial charge is 0.437 e. The average Bonchev–Trinajstić information content (AvgIpc) is 2.27. The molecule has 82 valence electrons. The van der Waals surface area contributed by atoms with E-state index in [9.17, 15) is 4.39 Å². The predicted octanol–water partition coefficient (Wildman–Crippen LogP) is 2.75. The average molecular weight is 284 g/mol. The van der Waals surface area contributed by atoms with Crippen LogP contribution in [0.4, 0.5) is 10.2 Å². The molecule has 0 saturated carbocycles. The van der Waals surface area contributed by atoms with Gasteiger partial charge in [0.25, 0.3) is 0 Å². The predicted molar refractivity (Wildman–Crippen MR) is 60.6 cm³/mol. The molecule has 1 aromatic heterocycles. The van der Waals surface area contributed by atoms with E-state index in [1.165, 1.54) is 6.07 Å². The van der Waals surface area contributed by atoms with Gasteiger partial charge in [-0.1, -0.05) is 0 Å². The molecule has 0 aliphatic heterocycles. The molecule has 0 atom stereocenters. The third-order valence-electron chi connectivity index (χ3n) is 1.77. The Balaban J connectivity index is 2.20. The van der Waals surface area contributed by atoms with Crippen LogP contribution in [0.2, 0.25) is 0 Å². The fourth-order valence-corrected chi connectivity index (χ4v) is 1.29. The van der Waals surface area contributed by atoms with E-state index in [2.05, 4.69) is 26.1 Å². The monoisotopic (exact) mass is 283 g/mol. The summed E-state index contributed by atoms with van der Waals surface area (Å²) in [6.07, 6.45) is 0. The van der Waals surface area contributed by atoms with Gasteiger partial charge in [0.15, 0.2) is 0 Å². The minimum atomic E-state index is -0.402. The molecule has 0 aliphatic carbocycles. The maximum absolute atomic E-state index is 13.2. The molecule has 6 heteroatoms. The van der Waals surface area contributed by atoms with Crippen LogP contribution in [0, 0.1) is 5.82 Å². The molecule has 0 bridgehead atoms. The van der Waals surface area contributed by atoms with Gasteiger partial charge in [-0.25, -0.2) is 4.39 Å². The molecule has 0 amide bonds. The third-order valence-corrected chi connectivity index (χ3v) is 2.42. The number of nitrogens with zero attached hydrogens (tertiary/aromatic N) is 2. The Morgan fingerprint density at radius 3 is 2.62 bits per heavy atom. The molecule has 0 spiro atoms. The fourth-order valence-electron chi connectivity index (χ4n) is 1.05. The number of benzene rings is 1. The molecule has 2 aromatic rings. The molecule has 2 N–H and O–H groups in total. The van der Waals surface area contributed by atoms with Gasteiger partial charge in [0.1, 0.15) is 17.4 Å². The maximum atomic E-state index is 13.2. The van der Waals surface area contributed by atoms with E-state index in [-0.39, 0.29) is 5.88 Å². The number of nitrogen functional groups attached to an aromatic ring is 1. The lowest BCUT2D eigenvalue weighted by Gasteiger charge is -2.04. The number of hydrogen-bond donors (Lipinski definition) is 1. The molecule has 0 unspecified atom stereocenters. The molecule has 1 heterocycles. The topological polar surface area (TPSA) is 61.0 Å². The molecule has 0 radical (unpaired) electrons. The van der Waals surface area contributed by atoms with Crippen LogP contribution in [0.3, 0.4) is 0 Å². The van der Waals surface area contributed by atoms with Gasteiger partial charge in [0.05, 0.1) is 4.47 Å². The fraction of sp³-hybridized carbons (Fsp3) is 0. The Hall–Kier alpha value is -1.69. The quantitative estimate of drug-likeness (QED) is 0.921. The Morgan fingerprint density at radius 1 is 1.19 bits per heavy atom. The molecule has 16 heavy (non-hydrogen) atoms. The molecular weight excluding hydrogens is 277 g/mol. The molecule has 0 aliphatic rings. The summed E-state index contributed by atoms with van der Waals surface area (Å²) in [6.45, 7) is 0. The van der Waals surface area contributed by atoms with Crippen LogP contribution in [-0.4, -0.2) is 10.2 Å². The zero-order valence-electron chi connectivity index (χ0n) is 8.02. The Bertz CT molecular complexity index is 504. The second-order valence-corrected chi connectivity index (χ2v) is 3.83. The van der Waals surface area contributed by atoms with Crippen molar-refractivity contribution in [3.63, 3.8) is 0 Å². The van der Waals surface area contributed by atoms with Crippen LogP contribution in [-0.2, 0) is 0 Å². The van der Waals surface area contributed by atoms with Crippen LogP contribution in [0.5, 0.6) is 11.6 Å². The molecule has 0 fully saturated rings. The summed E-state index contributed by atoms with van der Waals surface area (Å²) >= 11 is 3.05. The lowest BCUT2D eigenvalue weighted by molar-refractivity contribution is 0.451. The van der Waals surface area contributed by atoms with E-state index in [0.717, 1.165) is 0 Å². The standard InChI is InChI=1S/C10H7BrFN3O/c11-7-2-1-6(5-8(7)12)16-10-4-3-9(13)14-15-10/h1-5H,(H2,13,14). The zero-order chi connectivity index (χ0) is 11.5. The van der Waals surface area contributed by atoms with Crippen LogP contribution >= 0.6 is 15.9 Å². The first-order chi connectivity index (χ1) is 7.65. The van der Waals surface area contributed by atoms with Crippen molar-refractivity contribution in [1.82, 2.24) is 10.2 Å². The van der Waals surface area contributed by atoms with Gasteiger partial charge in [0, 0.05) is 12.1 Å². The zero-order valence-corrected chi connectivity index (χ0v) is 9.61. The van der Waals surface area contributed by atoms with Gasteiger partial charge in [-0.2, -0.15) is 0 Å². The van der Waals surface area contributed by atoms with E-state index in [4.69, 9.17) is 10.5 Å². The van der Waals surface area contributed by atoms with Crippen molar-refractivity contribution in [2.24, 2.45) is 0 Å². The Morgan fingerprint density at radius 2 is 2.00 bits per heavy atom. The summed E-state index contributed by atoms with van der Waals surface area (Å²) in [5.41, 5.74) is 5.37. The van der Waals surface area contributed by atoms with Gasteiger partial charge in [0.2, 0.25) is 5.88 Å². The van der Waals surface area contributed by atoms with Crippen LogP contribution in [0.15, 0.2) is 34.8 Å². The van der Waals surface area contributed by atoms with Gasteiger partial charge < -0.3 is 10.5 Å². The summed E-state index contributed by atoms with van der Waals surface area (Å²) in [5.74, 6) is 0.505. The second kappa shape index (κ2) is 4.44. The van der Waals surface area contributed by atoms with Gasteiger partial charge in [-0.05, 0) is 34.1 Å². The van der Waals surface area contributed by atoms with Crippen LogP contribution < -0.4 is 10.5 Å².